The van der Waals surface area contributed by atoms with E-state index in [0.717, 1.165) is 32.0 Å². The van der Waals surface area contributed by atoms with Crippen LogP contribution in [0.25, 0.3) is 0 Å². The van der Waals surface area contributed by atoms with Crippen molar-refractivity contribution in [1.29, 1.82) is 0 Å². The van der Waals surface area contributed by atoms with Gasteiger partial charge in [-0.05, 0) is 32.2 Å². The highest BCUT2D eigenvalue weighted by molar-refractivity contribution is 5.78. The summed E-state index contributed by atoms with van der Waals surface area (Å²) >= 11 is 0. The number of nitrogens with zero attached hydrogens (tertiary/aromatic N) is 2. The van der Waals surface area contributed by atoms with Crippen LogP contribution in [0.4, 0.5) is 0 Å². The van der Waals surface area contributed by atoms with Crippen LogP contribution in [-0.4, -0.2) is 60.6 Å². The van der Waals surface area contributed by atoms with Gasteiger partial charge in [0.15, 0.2) is 0 Å². The van der Waals surface area contributed by atoms with Crippen molar-refractivity contribution >= 4 is 5.91 Å². The second kappa shape index (κ2) is 6.02. The molecule has 4 nitrogen and oxygen atoms in total. The SMILES string of the molecule is CC[C@@H]1[C@H](C)CCN1CC(=O)N1CCO[C@@H](C)C1. The van der Waals surface area contributed by atoms with Crippen LogP contribution in [0.3, 0.4) is 0 Å². The second-order valence-corrected chi connectivity index (χ2v) is 5.73. The quantitative estimate of drug-likeness (QED) is 0.762. The number of hydrogen-bond acceptors (Lipinski definition) is 3. The molecule has 0 radical (unpaired) electrons. The average Bonchev–Trinajstić information content (AvgIpc) is 2.69. The Kier molecular flexibility index (Phi) is 4.62. The molecule has 0 aromatic carbocycles. The van der Waals surface area contributed by atoms with E-state index in [4.69, 9.17) is 4.74 Å². The molecule has 3 atom stereocenters. The lowest BCUT2D eigenvalue weighted by atomic mass is 10.0. The van der Waals surface area contributed by atoms with Crippen LogP contribution >= 0.6 is 0 Å². The van der Waals surface area contributed by atoms with Crippen LogP contribution in [0.5, 0.6) is 0 Å². The van der Waals surface area contributed by atoms with Crippen molar-refractivity contribution in [3.8, 4) is 0 Å². The molecule has 0 bridgehead atoms. The molecule has 0 aliphatic carbocycles. The molecule has 18 heavy (non-hydrogen) atoms. The molecule has 2 saturated heterocycles. The summed E-state index contributed by atoms with van der Waals surface area (Å²) in [5.74, 6) is 1.00. The Morgan fingerprint density at radius 1 is 1.33 bits per heavy atom. The van der Waals surface area contributed by atoms with Crippen LogP contribution in [0.1, 0.15) is 33.6 Å². The molecule has 2 fully saturated rings. The Hall–Kier alpha value is -0.610. The van der Waals surface area contributed by atoms with Gasteiger partial charge in [-0.1, -0.05) is 13.8 Å². The van der Waals surface area contributed by atoms with Gasteiger partial charge in [-0.2, -0.15) is 0 Å². The first-order valence-corrected chi connectivity index (χ1v) is 7.25. The van der Waals surface area contributed by atoms with Gasteiger partial charge in [-0.15, -0.1) is 0 Å². The highest BCUT2D eigenvalue weighted by Crippen LogP contribution is 2.25. The van der Waals surface area contributed by atoms with E-state index >= 15 is 0 Å². The van der Waals surface area contributed by atoms with E-state index in [1.165, 1.54) is 6.42 Å². The zero-order chi connectivity index (χ0) is 13.1. The summed E-state index contributed by atoms with van der Waals surface area (Å²) in [6.07, 6.45) is 2.56. The third-order valence-electron chi connectivity index (χ3n) is 4.35. The minimum Gasteiger partial charge on any atom is -0.375 e. The first kappa shape index (κ1) is 13.8. The lowest BCUT2D eigenvalue weighted by Gasteiger charge is -2.33. The van der Waals surface area contributed by atoms with Gasteiger partial charge in [-0.25, -0.2) is 0 Å². The molecule has 2 aliphatic heterocycles. The summed E-state index contributed by atoms with van der Waals surface area (Å²) in [6.45, 7) is 10.4. The van der Waals surface area contributed by atoms with Crippen molar-refractivity contribution in [3.05, 3.63) is 0 Å². The number of carbonyl (C=O) groups is 1. The van der Waals surface area contributed by atoms with Gasteiger partial charge in [0.25, 0.3) is 0 Å². The molecule has 0 N–H and O–H groups in total. The number of rotatable bonds is 3. The third-order valence-corrected chi connectivity index (χ3v) is 4.35. The summed E-state index contributed by atoms with van der Waals surface area (Å²) in [5.41, 5.74) is 0. The monoisotopic (exact) mass is 254 g/mol. The topological polar surface area (TPSA) is 32.8 Å². The molecule has 0 unspecified atom stereocenters. The number of morpholine rings is 1. The first-order valence-electron chi connectivity index (χ1n) is 7.25. The summed E-state index contributed by atoms with van der Waals surface area (Å²) in [6, 6.07) is 0.590. The standard InChI is InChI=1S/C14H26N2O2/c1-4-13-11(2)5-6-15(13)10-14(17)16-7-8-18-12(3)9-16/h11-13H,4-10H2,1-3H3/t11-,12+,13-/m1/s1. The molecule has 0 spiro atoms. The van der Waals surface area contributed by atoms with Crippen LogP contribution in [0.15, 0.2) is 0 Å². The Labute approximate surface area is 110 Å². The van der Waals surface area contributed by atoms with Crippen LogP contribution in [-0.2, 0) is 9.53 Å². The maximum Gasteiger partial charge on any atom is 0.236 e. The predicted octanol–water partition coefficient (Wildman–Crippen LogP) is 1.35. The molecule has 2 heterocycles. The summed E-state index contributed by atoms with van der Waals surface area (Å²) in [7, 11) is 0. The molecule has 0 saturated carbocycles. The Balaban J connectivity index is 1.87. The van der Waals surface area contributed by atoms with Crippen LogP contribution < -0.4 is 0 Å². The molecule has 0 aromatic rings. The Morgan fingerprint density at radius 3 is 2.78 bits per heavy atom. The second-order valence-electron chi connectivity index (χ2n) is 5.73. The average molecular weight is 254 g/mol. The van der Waals surface area contributed by atoms with Gasteiger partial charge in [0.1, 0.15) is 0 Å². The smallest absolute Gasteiger partial charge is 0.236 e. The maximum atomic E-state index is 12.3. The molecular weight excluding hydrogens is 228 g/mol. The van der Waals surface area contributed by atoms with E-state index < -0.39 is 0 Å². The Morgan fingerprint density at radius 2 is 2.11 bits per heavy atom. The third kappa shape index (κ3) is 3.04. The minimum atomic E-state index is 0.183. The molecule has 2 rings (SSSR count). The van der Waals surface area contributed by atoms with Gasteiger partial charge in [0, 0.05) is 19.1 Å². The fourth-order valence-electron chi connectivity index (χ4n) is 3.26. The van der Waals surface area contributed by atoms with E-state index in [0.29, 0.717) is 19.2 Å². The fraction of sp³-hybridized carbons (Fsp3) is 0.929. The number of hydrogen-bond donors (Lipinski definition) is 0. The van der Waals surface area contributed by atoms with Gasteiger partial charge in [0.05, 0.1) is 19.3 Å². The number of amides is 1. The number of likely N-dealkylation sites (tertiary alicyclic amines) is 1. The van der Waals surface area contributed by atoms with Crippen molar-refractivity contribution in [1.82, 2.24) is 9.80 Å². The number of carbonyl (C=O) groups excluding carboxylic acids is 1. The molecule has 104 valence electrons. The lowest BCUT2D eigenvalue weighted by molar-refractivity contribution is -0.139. The highest BCUT2D eigenvalue weighted by atomic mass is 16.5. The Bertz CT molecular complexity index is 296. The van der Waals surface area contributed by atoms with E-state index in [1.54, 1.807) is 0 Å². The molecule has 0 aromatic heterocycles. The van der Waals surface area contributed by atoms with E-state index in [-0.39, 0.29) is 12.0 Å². The zero-order valence-electron chi connectivity index (χ0n) is 11.9. The largest absolute Gasteiger partial charge is 0.375 e. The van der Waals surface area contributed by atoms with E-state index in [2.05, 4.69) is 18.7 Å². The van der Waals surface area contributed by atoms with E-state index in [1.807, 2.05) is 11.8 Å². The molecule has 4 heteroatoms. The van der Waals surface area contributed by atoms with E-state index in [9.17, 15) is 4.79 Å². The number of ether oxygens (including phenoxy) is 1. The first-order chi connectivity index (χ1) is 8.61. The normalized spacial score (nSPS) is 33.9. The van der Waals surface area contributed by atoms with Gasteiger partial charge in [-0.3, -0.25) is 9.69 Å². The van der Waals surface area contributed by atoms with Crippen LogP contribution in [0.2, 0.25) is 0 Å². The zero-order valence-corrected chi connectivity index (χ0v) is 11.9. The van der Waals surface area contributed by atoms with Gasteiger partial charge >= 0.3 is 0 Å². The van der Waals surface area contributed by atoms with Crippen LogP contribution in [0, 0.1) is 5.92 Å². The predicted molar refractivity (Wildman–Crippen MR) is 71.4 cm³/mol. The highest BCUT2D eigenvalue weighted by Gasteiger charge is 2.32. The summed E-state index contributed by atoms with van der Waals surface area (Å²) in [4.78, 5) is 16.6. The molecule has 1 amide bonds. The van der Waals surface area contributed by atoms with Gasteiger partial charge in [0.2, 0.25) is 5.91 Å². The fourth-order valence-corrected chi connectivity index (χ4v) is 3.26. The minimum absolute atomic E-state index is 0.183. The van der Waals surface area contributed by atoms with Crippen molar-refractivity contribution in [2.45, 2.75) is 45.8 Å². The van der Waals surface area contributed by atoms with Crippen molar-refractivity contribution in [3.63, 3.8) is 0 Å². The van der Waals surface area contributed by atoms with Crippen molar-refractivity contribution < 1.29 is 9.53 Å². The summed E-state index contributed by atoms with van der Waals surface area (Å²) < 4.78 is 5.48. The molecule has 2 aliphatic rings. The maximum absolute atomic E-state index is 12.3. The van der Waals surface area contributed by atoms with Crippen molar-refractivity contribution in [2.24, 2.45) is 5.92 Å². The summed E-state index contributed by atoms with van der Waals surface area (Å²) in [5, 5.41) is 0. The van der Waals surface area contributed by atoms with Gasteiger partial charge < -0.3 is 9.64 Å². The lowest BCUT2D eigenvalue weighted by Crippen LogP contribution is -2.49. The molecular formula is C14H26N2O2. The van der Waals surface area contributed by atoms with Crippen molar-refractivity contribution in [2.75, 3.05) is 32.8 Å².